The van der Waals surface area contributed by atoms with Gasteiger partial charge in [0.1, 0.15) is 0 Å². The topological polar surface area (TPSA) is 47.9 Å². The third-order valence-electron chi connectivity index (χ3n) is 5.14. The van der Waals surface area contributed by atoms with Crippen molar-refractivity contribution in [2.24, 2.45) is 4.99 Å². The van der Waals surface area contributed by atoms with Crippen LogP contribution in [0.25, 0.3) is 6.08 Å². The molecular formula is C24H33IN4OS. The number of nitrogens with zero attached hydrogens (tertiary/aromatic N) is 3. The summed E-state index contributed by atoms with van der Waals surface area (Å²) in [5.41, 5.74) is 2.36. The maximum Gasteiger partial charge on any atom is 0.193 e. The van der Waals surface area contributed by atoms with E-state index in [1.807, 2.05) is 43.4 Å². The number of hydrogen-bond acceptors (Lipinski definition) is 3. The van der Waals surface area contributed by atoms with Crippen molar-refractivity contribution in [1.29, 1.82) is 0 Å². The Balaban J connectivity index is 0.00000341. The van der Waals surface area contributed by atoms with Crippen LogP contribution < -0.4 is 5.32 Å². The molecule has 1 saturated heterocycles. The molecule has 1 atom stereocenters. The molecule has 0 radical (unpaired) electrons. The van der Waals surface area contributed by atoms with E-state index in [2.05, 4.69) is 56.5 Å². The molecule has 0 amide bonds. The van der Waals surface area contributed by atoms with E-state index in [9.17, 15) is 4.21 Å². The summed E-state index contributed by atoms with van der Waals surface area (Å²) in [6.45, 7) is 5.57. The number of aliphatic imine (C=N–C) groups is 1. The van der Waals surface area contributed by atoms with Crippen molar-refractivity contribution < 1.29 is 4.21 Å². The van der Waals surface area contributed by atoms with Gasteiger partial charge in [-0.2, -0.15) is 0 Å². The number of benzene rings is 2. The first kappa shape index (κ1) is 25.5. The third-order valence-corrected chi connectivity index (χ3v) is 6.46. The van der Waals surface area contributed by atoms with Crippen molar-refractivity contribution >= 4 is 46.8 Å². The Morgan fingerprint density at radius 2 is 1.68 bits per heavy atom. The molecule has 0 saturated carbocycles. The number of halogens is 1. The molecule has 1 unspecified atom stereocenters. The fourth-order valence-corrected chi connectivity index (χ4v) is 4.52. The first-order chi connectivity index (χ1) is 14.7. The highest BCUT2D eigenvalue weighted by Crippen LogP contribution is 2.06. The molecule has 3 rings (SSSR count). The van der Waals surface area contributed by atoms with Gasteiger partial charge in [-0.15, -0.1) is 24.0 Å². The highest BCUT2D eigenvalue weighted by atomic mass is 127. The van der Waals surface area contributed by atoms with E-state index in [0.717, 1.165) is 44.2 Å². The SMILES string of the molecule is CN=C(NCCS(=O)Cc1ccccc1)N1CCN(C/C=C/c2ccccc2)CC1.I. The standard InChI is InChI=1S/C24H32N4OS.HI/c1-25-24(26-14-20-30(29)21-23-11-6-3-7-12-23)28-18-16-27(17-19-28)15-8-13-22-9-4-2-5-10-22;/h2-13H,14-21H2,1H3,(H,25,26);1H/b13-8+;. The van der Waals surface area contributed by atoms with E-state index in [4.69, 9.17) is 0 Å². The molecular weight excluding hydrogens is 519 g/mol. The smallest absolute Gasteiger partial charge is 0.193 e. The average Bonchev–Trinajstić information content (AvgIpc) is 2.79. The van der Waals surface area contributed by atoms with Gasteiger partial charge < -0.3 is 10.2 Å². The lowest BCUT2D eigenvalue weighted by atomic mass is 10.2. The fraction of sp³-hybridized carbons (Fsp3) is 0.375. The Morgan fingerprint density at radius 3 is 2.32 bits per heavy atom. The van der Waals surface area contributed by atoms with Crippen molar-refractivity contribution in [2.45, 2.75) is 5.75 Å². The van der Waals surface area contributed by atoms with Crippen LogP contribution in [0.2, 0.25) is 0 Å². The van der Waals surface area contributed by atoms with Gasteiger partial charge in [-0.1, -0.05) is 72.8 Å². The van der Waals surface area contributed by atoms with Gasteiger partial charge >= 0.3 is 0 Å². The lowest BCUT2D eigenvalue weighted by molar-refractivity contribution is 0.194. The Hall–Kier alpha value is -1.71. The van der Waals surface area contributed by atoms with E-state index in [1.54, 1.807) is 0 Å². The molecule has 2 aromatic rings. The molecule has 168 valence electrons. The van der Waals surface area contributed by atoms with Crippen molar-refractivity contribution in [1.82, 2.24) is 15.1 Å². The minimum absolute atomic E-state index is 0. The zero-order valence-corrected chi connectivity index (χ0v) is 21.3. The van der Waals surface area contributed by atoms with E-state index < -0.39 is 10.8 Å². The zero-order valence-electron chi connectivity index (χ0n) is 18.2. The number of hydrogen-bond donors (Lipinski definition) is 1. The summed E-state index contributed by atoms with van der Waals surface area (Å²) < 4.78 is 12.3. The molecule has 7 heteroatoms. The van der Waals surface area contributed by atoms with Crippen molar-refractivity contribution in [3.63, 3.8) is 0 Å². The van der Waals surface area contributed by atoms with Crippen LogP contribution in [-0.4, -0.2) is 72.0 Å². The summed E-state index contributed by atoms with van der Waals surface area (Å²) in [6, 6.07) is 20.4. The highest BCUT2D eigenvalue weighted by Gasteiger charge is 2.18. The summed E-state index contributed by atoms with van der Waals surface area (Å²) in [7, 11) is 0.946. The fourth-order valence-electron chi connectivity index (χ4n) is 3.49. The van der Waals surface area contributed by atoms with Gasteiger partial charge in [-0.05, 0) is 11.1 Å². The molecule has 1 aliphatic heterocycles. The molecule has 0 bridgehead atoms. The molecule has 0 aromatic heterocycles. The normalized spacial score (nSPS) is 16.2. The molecule has 31 heavy (non-hydrogen) atoms. The quantitative estimate of drug-likeness (QED) is 0.310. The van der Waals surface area contributed by atoms with Gasteiger partial charge in [-0.25, -0.2) is 0 Å². The summed E-state index contributed by atoms with van der Waals surface area (Å²) in [5, 5.41) is 3.39. The average molecular weight is 553 g/mol. The van der Waals surface area contributed by atoms with Crippen LogP contribution in [0.5, 0.6) is 0 Å². The van der Waals surface area contributed by atoms with Gasteiger partial charge in [0, 0.05) is 68.6 Å². The summed E-state index contributed by atoms with van der Waals surface area (Å²) >= 11 is 0. The Morgan fingerprint density at radius 1 is 1.03 bits per heavy atom. The number of rotatable bonds is 8. The Kier molecular flexibility index (Phi) is 11.8. The molecule has 1 aliphatic rings. The first-order valence-electron chi connectivity index (χ1n) is 10.5. The summed E-state index contributed by atoms with van der Waals surface area (Å²) in [4.78, 5) is 9.17. The lowest BCUT2D eigenvalue weighted by Crippen LogP contribution is -2.52. The van der Waals surface area contributed by atoms with Crippen LogP contribution in [0.15, 0.2) is 71.7 Å². The number of piperazine rings is 1. The predicted molar refractivity (Wildman–Crippen MR) is 143 cm³/mol. The molecule has 1 N–H and O–H groups in total. The van der Waals surface area contributed by atoms with Crippen molar-refractivity contribution in [3.05, 3.63) is 77.9 Å². The van der Waals surface area contributed by atoms with Crippen molar-refractivity contribution in [2.75, 3.05) is 52.1 Å². The molecule has 1 heterocycles. The lowest BCUT2D eigenvalue weighted by Gasteiger charge is -2.36. The Labute approximate surface area is 206 Å². The second-order valence-electron chi connectivity index (χ2n) is 7.35. The molecule has 5 nitrogen and oxygen atoms in total. The van der Waals surface area contributed by atoms with Crippen LogP contribution >= 0.6 is 24.0 Å². The van der Waals surface area contributed by atoms with Gasteiger partial charge in [0.15, 0.2) is 5.96 Å². The molecule has 1 fully saturated rings. The van der Waals surface area contributed by atoms with Crippen LogP contribution in [0, 0.1) is 0 Å². The largest absolute Gasteiger partial charge is 0.355 e. The summed E-state index contributed by atoms with van der Waals surface area (Å²) in [5.74, 6) is 2.14. The van der Waals surface area contributed by atoms with E-state index in [1.165, 1.54) is 5.56 Å². The maximum absolute atomic E-state index is 12.3. The maximum atomic E-state index is 12.3. The predicted octanol–water partition coefficient (Wildman–Crippen LogP) is 3.46. The second-order valence-corrected chi connectivity index (χ2v) is 8.93. The third kappa shape index (κ3) is 9.13. The van der Waals surface area contributed by atoms with Crippen molar-refractivity contribution in [3.8, 4) is 0 Å². The first-order valence-corrected chi connectivity index (χ1v) is 12.0. The van der Waals surface area contributed by atoms with Crippen LogP contribution in [0.3, 0.4) is 0 Å². The van der Waals surface area contributed by atoms with Gasteiger partial charge in [-0.3, -0.25) is 14.1 Å². The van der Waals surface area contributed by atoms with Crippen LogP contribution in [-0.2, 0) is 16.6 Å². The van der Waals surface area contributed by atoms with Crippen LogP contribution in [0.1, 0.15) is 11.1 Å². The minimum Gasteiger partial charge on any atom is -0.355 e. The van der Waals surface area contributed by atoms with E-state index >= 15 is 0 Å². The summed E-state index contributed by atoms with van der Waals surface area (Å²) in [6.07, 6.45) is 4.42. The van der Waals surface area contributed by atoms with E-state index in [-0.39, 0.29) is 24.0 Å². The van der Waals surface area contributed by atoms with E-state index in [0.29, 0.717) is 18.1 Å². The Bertz CT molecular complexity index is 837. The highest BCUT2D eigenvalue weighted by molar-refractivity contribution is 14.0. The van der Waals surface area contributed by atoms with Gasteiger partial charge in [0.05, 0.1) is 0 Å². The number of nitrogens with one attached hydrogen (secondary N) is 1. The van der Waals surface area contributed by atoms with Gasteiger partial charge in [0.2, 0.25) is 0 Å². The van der Waals surface area contributed by atoms with Crippen LogP contribution in [0.4, 0.5) is 0 Å². The second kappa shape index (κ2) is 14.4. The minimum atomic E-state index is -0.872. The van der Waals surface area contributed by atoms with Gasteiger partial charge in [0.25, 0.3) is 0 Å². The number of guanidine groups is 1. The monoisotopic (exact) mass is 552 g/mol. The molecule has 0 aliphatic carbocycles. The molecule has 0 spiro atoms. The zero-order chi connectivity index (χ0) is 21.0. The molecule has 2 aromatic carbocycles.